The zero-order valence-electron chi connectivity index (χ0n) is 9.08. The molecular weight excluding hydrogens is 176 g/mol. The molecule has 0 radical (unpaired) electrons. The van der Waals surface area contributed by atoms with E-state index in [1.165, 1.54) is 0 Å². The Morgan fingerprint density at radius 2 is 2.14 bits per heavy atom. The summed E-state index contributed by atoms with van der Waals surface area (Å²) in [5, 5.41) is 9.88. The van der Waals surface area contributed by atoms with Crippen molar-refractivity contribution in [1.29, 1.82) is 0 Å². The average molecular weight is 194 g/mol. The van der Waals surface area contributed by atoms with Gasteiger partial charge in [0.2, 0.25) is 0 Å². The number of methoxy groups -OCH3 is 1. The third-order valence-electron chi connectivity index (χ3n) is 2.31. The van der Waals surface area contributed by atoms with Gasteiger partial charge in [0, 0.05) is 5.56 Å². The molecule has 0 saturated heterocycles. The molecule has 0 aromatic heterocycles. The topological polar surface area (TPSA) is 29.5 Å². The maximum absolute atomic E-state index is 9.88. The van der Waals surface area contributed by atoms with Crippen LogP contribution in [0.15, 0.2) is 18.2 Å². The summed E-state index contributed by atoms with van der Waals surface area (Å²) in [5.74, 6) is 0.775. The Kier molecular flexibility index (Phi) is 3.96. The van der Waals surface area contributed by atoms with Gasteiger partial charge in [-0.1, -0.05) is 25.0 Å². The van der Waals surface area contributed by atoms with Gasteiger partial charge in [-0.3, -0.25) is 0 Å². The van der Waals surface area contributed by atoms with Crippen molar-refractivity contribution in [3.05, 3.63) is 29.3 Å². The summed E-state index contributed by atoms with van der Waals surface area (Å²) in [7, 11) is 1.63. The number of aliphatic hydroxyl groups excluding tert-OH is 1. The van der Waals surface area contributed by atoms with E-state index in [9.17, 15) is 5.11 Å². The predicted octanol–water partition coefficient (Wildman–Crippen LogP) is 2.84. The van der Waals surface area contributed by atoms with Crippen LogP contribution >= 0.6 is 0 Å². The van der Waals surface area contributed by atoms with E-state index in [1.54, 1.807) is 7.11 Å². The number of hydrogen-bond donors (Lipinski definition) is 1. The van der Waals surface area contributed by atoms with Crippen molar-refractivity contribution in [3.8, 4) is 5.75 Å². The molecule has 2 nitrogen and oxygen atoms in total. The lowest BCUT2D eigenvalue weighted by Gasteiger charge is -2.14. The average Bonchev–Trinajstić information content (AvgIpc) is 2.18. The van der Waals surface area contributed by atoms with Crippen molar-refractivity contribution in [2.45, 2.75) is 32.8 Å². The van der Waals surface area contributed by atoms with Crippen LogP contribution in [0.5, 0.6) is 5.75 Å². The third-order valence-corrected chi connectivity index (χ3v) is 2.31. The fourth-order valence-electron chi connectivity index (χ4n) is 1.54. The Balaban J connectivity index is 2.97. The van der Waals surface area contributed by atoms with Gasteiger partial charge < -0.3 is 9.84 Å². The summed E-state index contributed by atoms with van der Waals surface area (Å²) in [5.41, 5.74) is 2.05. The smallest absolute Gasteiger partial charge is 0.124 e. The van der Waals surface area contributed by atoms with Crippen molar-refractivity contribution in [2.24, 2.45) is 0 Å². The van der Waals surface area contributed by atoms with E-state index >= 15 is 0 Å². The van der Waals surface area contributed by atoms with Gasteiger partial charge in [-0.05, 0) is 25.5 Å². The summed E-state index contributed by atoms with van der Waals surface area (Å²) >= 11 is 0. The Hall–Kier alpha value is -1.02. The van der Waals surface area contributed by atoms with Gasteiger partial charge in [-0.2, -0.15) is 0 Å². The minimum atomic E-state index is -0.408. The van der Waals surface area contributed by atoms with E-state index in [0.29, 0.717) is 0 Å². The van der Waals surface area contributed by atoms with Gasteiger partial charge in [0.15, 0.2) is 0 Å². The molecule has 0 fully saturated rings. The van der Waals surface area contributed by atoms with E-state index < -0.39 is 6.10 Å². The molecule has 14 heavy (non-hydrogen) atoms. The Labute approximate surface area is 85.5 Å². The lowest BCUT2D eigenvalue weighted by atomic mass is 10.0. The minimum Gasteiger partial charge on any atom is -0.496 e. The normalized spacial score (nSPS) is 12.6. The minimum absolute atomic E-state index is 0.408. The number of aryl methyl sites for hydroxylation is 1. The van der Waals surface area contributed by atoms with Crippen LogP contribution in [0.2, 0.25) is 0 Å². The molecule has 0 aliphatic rings. The number of rotatable bonds is 4. The fraction of sp³-hybridized carbons (Fsp3) is 0.500. The monoisotopic (exact) mass is 194 g/mol. The first kappa shape index (κ1) is 11.1. The molecule has 78 valence electrons. The quantitative estimate of drug-likeness (QED) is 0.798. The molecule has 0 spiro atoms. The molecular formula is C12H18O2. The second-order valence-corrected chi connectivity index (χ2v) is 3.55. The maximum atomic E-state index is 9.88. The molecule has 0 saturated carbocycles. The van der Waals surface area contributed by atoms with Crippen molar-refractivity contribution in [1.82, 2.24) is 0 Å². The molecule has 0 unspecified atom stereocenters. The van der Waals surface area contributed by atoms with E-state index in [4.69, 9.17) is 4.74 Å². The molecule has 0 aliphatic heterocycles. The summed E-state index contributed by atoms with van der Waals surface area (Å²) < 4.78 is 5.21. The first-order valence-electron chi connectivity index (χ1n) is 5.01. The first-order valence-corrected chi connectivity index (χ1v) is 5.01. The van der Waals surface area contributed by atoms with Crippen LogP contribution in [-0.2, 0) is 0 Å². The van der Waals surface area contributed by atoms with Crippen LogP contribution in [0.25, 0.3) is 0 Å². The van der Waals surface area contributed by atoms with Crippen LogP contribution in [0.1, 0.15) is 37.0 Å². The van der Waals surface area contributed by atoms with Crippen LogP contribution in [-0.4, -0.2) is 12.2 Å². The van der Waals surface area contributed by atoms with Gasteiger partial charge in [-0.15, -0.1) is 0 Å². The summed E-state index contributed by atoms with van der Waals surface area (Å²) in [4.78, 5) is 0. The first-order chi connectivity index (χ1) is 6.69. The number of benzene rings is 1. The van der Waals surface area contributed by atoms with Gasteiger partial charge in [0.25, 0.3) is 0 Å². The molecule has 0 aliphatic carbocycles. The summed E-state index contributed by atoms with van der Waals surface area (Å²) in [6.07, 6.45) is 1.34. The van der Waals surface area contributed by atoms with Gasteiger partial charge in [-0.25, -0.2) is 0 Å². The number of ether oxygens (including phenoxy) is 1. The van der Waals surface area contributed by atoms with Crippen molar-refractivity contribution < 1.29 is 9.84 Å². The van der Waals surface area contributed by atoms with Crippen molar-refractivity contribution >= 4 is 0 Å². The molecule has 1 aromatic rings. The fourth-order valence-corrected chi connectivity index (χ4v) is 1.54. The maximum Gasteiger partial charge on any atom is 0.124 e. The largest absolute Gasteiger partial charge is 0.496 e. The molecule has 0 bridgehead atoms. The predicted molar refractivity (Wildman–Crippen MR) is 57.6 cm³/mol. The van der Waals surface area contributed by atoms with Crippen LogP contribution in [0, 0.1) is 6.92 Å². The standard InChI is InChI=1S/C12H18O2/c1-4-5-11(13)10-8-9(2)6-7-12(10)14-3/h6-8,11,13H,4-5H2,1-3H3/t11-/m0/s1. The molecule has 2 heteroatoms. The molecule has 1 N–H and O–H groups in total. The van der Waals surface area contributed by atoms with Crippen LogP contribution in [0.4, 0.5) is 0 Å². The lowest BCUT2D eigenvalue weighted by molar-refractivity contribution is 0.162. The second-order valence-electron chi connectivity index (χ2n) is 3.55. The highest BCUT2D eigenvalue weighted by atomic mass is 16.5. The second kappa shape index (κ2) is 5.01. The summed E-state index contributed by atoms with van der Waals surface area (Å²) in [6, 6.07) is 5.88. The van der Waals surface area contributed by atoms with Gasteiger partial charge >= 0.3 is 0 Å². The highest BCUT2D eigenvalue weighted by Gasteiger charge is 2.11. The van der Waals surface area contributed by atoms with E-state index in [2.05, 4.69) is 6.92 Å². The number of hydrogen-bond acceptors (Lipinski definition) is 2. The lowest BCUT2D eigenvalue weighted by Crippen LogP contribution is -2.00. The molecule has 1 aromatic carbocycles. The third kappa shape index (κ3) is 2.48. The van der Waals surface area contributed by atoms with E-state index in [0.717, 1.165) is 29.7 Å². The Morgan fingerprint density at radius 1 is 1.43 bits per heavy atom. The van der Waals surface area contributed by atoms with Gasteiger partial charge in [0.1, 0.15) is 5.75 Å². The molecule has 0 amide bonds. The number of aliphatic hydroxyl groups is 1. The highest BCUT2D eigenvalue weighted by molar-refractivity contribution is 5.38. The van der Waals surface area contributed by atoms with Crippen LogP contribution in [0.3, 0.4) is 0 Å². The molecule has 1 atom stereocenters. The zero-order chi connectivity index (χ0) is 10.6. The van der Waals surface area contributed by atoms with Gasteiger partial charge in [0.05, 0.1) is 13.2 Å². The van der Waals surface area contributed by atoms with Crippen LogP contribution < -0.4 is 4.74 Å². The molecule has 0 heterocycles. The van der Waals surface area contributed by atoms with E-state index in [-0.39, 0.29) is 0 Å². The summed E-state index contributed by atoms with van der Waals surface area (Å²) in [6.45, 7) is 4.08. The zero-order valence-corrected chi connectivity index (χ0v) is 9.08. The SMILES string of the molecule is CCC[C@H](O)c1cc(C)ccc1OC. The van der Waals surface area contributed by atoms with Crippen molar-refractivity contribution in [3.63, 3.8) is 0 Å². The van der Waals surface area contributed by atoms with Crippen molar-refractivity contribution in [2.75, 3.05) is 7.11 Å². The van der Waals surface area contributed by atoms with E-state index in [1.807, 2.05) is 25.1 Å². The Bertz CT molecular complexity index is 294. The molecule has 1 rings (SSSR count). The highest BCUT2D eigenvalue weighted by Crippen LogP contribution is 2.28. The Morgan fingerprint density at radius 3 is 2.71 bits per heavy atom.